The summed E-state index contributed by atoms with van der Waals surface area (Å²) < 4.78 is 16.2. The molecule has 1 aromatic carbocycles. The first-order chi connectivity index (χ1) is 15.0. The van der Waals surface area contributed by atoms with Crippen LogP contribution in [0, 0.1) is 17.8 Å². The molecule has 1 unspecified atom stereocenters. The maximum atomic E-state index is 12.8. The van der Waals surface area contributed by atoms with Gasteiger partial charge in [-0.15, -0.1) is 0 Å². The van der Waals surface area contributed by atoms with Crippen molar-refractivity contribution in [2.75, 3.05) is 33.1 Å². The Bertz CT molecular complexity index is 804. The van der Waals surface area contributed by atoms with Gasteiger partial charge in [0, 0.05) is 18.8 Å². The third kappa shape index (κ3) is 7.32. The van der Waals surface area contributed by atoms with Crippen LogP contribution in [0.15, 0.2) is 12.1 Å². The van der Waals surface area contributed by atoms with Gasteiger partial charge in [0.1, 0.15) is 6.61 Å². The summed E-state index contributed by atoms with van der Waals surface area (Å²) in [5.41, 5.74) is 1.65. The molecule has 0 spiro atoms. The van der Waals surface area contributed by atoms with Crippen molar-refractivity contribution >= 4 is 23.0 Å². The number of carbonyl (C=O) groups is 2. The highest BCUT2D eigenvalue weighted by atomic mass is 32.2. The van der Waals surface area contributed by atoms with Crippen LogP contribution < -0.4 is 9.47 Å². The number of hydrogen-bond acceptors (Lipinski definition) is 6. The SMILES string of the molecule is COc1cc(C)c(COC(=O)N2CCC(C)(C(=O)SCCCCC(C)(C)C)C2)cc1OC. The largest absolute Gasteiger partial charge is 0.493 e. The first-order valence-corrected chi connectivity index (χ1v) is 12.3. The van der Waals surface area contributed by atoms with Crippen LogP contribution in [0.3, 0.4) is 0 Å². The van der Waals surface area contributed by atoms with Crippen LogP contribution in [0.1, 0.15) is 64.5 Å². The molecular formula is C25H39NO5S. The standard InChI is InChI=1S/C25H39NO5S/c1-18-14-20(29-6)21(30-7)15-19(18)16-31-23(28)26-12-11-25(5,17-26)22(27)32-13-9-8-10-24(2,3)4/h14-15H,8-13,16-17H2,1-7H3. The zero-order valence-corrected chi connectivity index (χ0v) is 21.5. The number of methoxy groups -OCH3 is 2. The summed E-state index contributed by atoms with van der Waals surface area (Å²) in [5, 5.41) is 0.180. The maximum absolute atomic E-state index is 12.8. The first-order valence-electron chi connectivity index (χ1n) is 11.3. The van der Waals surface area contributed by atoms with Crippen molar-refractivity contribution in [3.05, 3.63) is 23.3 Å². The fraction of sp³-hybridized carbons (Fsp3) is 0.680. The summed E-state index contributed by atoms with van der Waals surface area (Å²) in [6.45, 7) is 11.7. The Labute approximate surface area is 197 Å². The first kappa shape index (κ1) is 26.4. The number of aryl methyl sites for hydroxylation is 1. The van der Waals surface area contributed by atoms with Crippen LogP contribution in [0.5, 0.6) is 11.5 Å². The second-order valence-corrected chi connectivity index (χ2v) is 11.1. The Morgan fingerprint density at radius 3 is 2.41 bits per heavy atom. The molecule has 1 aromatic rings. The average Bonchev–Trinajstić information content (AvgIpc) is 3.14. The number of likely N-dealkylation sites (tertiary alicyclic amines) is 1. The third-order valence-corrected chi connectivity index (χ3v) is 7.22. The Kier molecular flexibility index (Phi) is 9.31. The van der Waals surface area contributed by atoms with Gasteiger partial charge in [0.05, 0.1) is 19.6 Å². The highest BCUT2D eigenvalue weighted by Crippen LogP contribution is 2.36. The summed E-state index contributed by atoms with van der Waals surface area (Å²) in [7, 11) is 3.17. The van der Waals surface area contributed by atoms with Crippen molar-refractivity contribution in [2.24, 2.45) is 10.8 Å². The molecule has 6 nitrogen and oxygen atoms in total. The van der Waals surface area contributed by atoms with E-state index in [2.05, 4.69) is 20.8 Å². The molecule has 1 aliphatic heterocycles. The minimum atomic E-state index is -0.507. The highest BCUT2D eigenvalue weighted by Gasteiger charge is 2.42. The number of unbranched alkanes of at least 4 members (excludes halogenated alkanes) is 1. The van der Waals surface area contributed by atoms with Gasteiger partial charge in [-0.25, -0.2) is 4.79 Å². The second-order valence-electron chi connectivity index (χ2n) is 10.1. The van der Waals surface area contributed by atoms with Crippen LogP contribution in [0.4, 0.5) is 4.79 Å². The van der Waals surface area contributed by atoms with Gasteiger partial charge in [-0.1, -0.05) is 39.0 Å². The molecule has 2 rings (SSSR count). The lowest BCUT2D eigenvalue weighted by Crippen LogP contribution is -2.34. The van der Waals surface area contributed by atoms with Gasteiger partial charge in [0.25, 0.3) is 0 Å². The van der Waals surface area contributed by atoms with Gasteiger partial charge in [-0.2, -0.15) is 0 Å². The van der Waals surface area contributed by atoms with E-state index in [-0.39, 0.29) is 17.8 Å². The lowest BCUT2D eigenvalue weighted by molar-refractivity contribution is -0.118. The average molecular weight is 466 g/mol. The van der Waals surface area contributed by atoms with Crippen molar-refractivity contribution in [1.82, 2.24) is 4.90 Å². The molecule has 0 aromatic heterocycles. The van der Waals surface area contributed by atoms with Gasteiger partial charge in [-0.05, 0) is 61.8 Å². The van der Waals surface area contributed by atoms with Gasteiger partial charge in [0.15, 0.2) is 16.6 Å². The molecule has 0 N–H and O–H groups in total. The summed E-state index contributed by atoms with van der Waals surface area (Å²) >= 11 is 1.41. The van der Waals surface area contributed by atoms with E-state index in [1.54, 1.807) is 19.1 Å². The molecule has 32 heavy (non-hydrogen) atoms. The number of ether oxygens (including phenoxy) is 3. The molecule has 180 valence electrons. The molecule has 1 heterocycles. The van der Waals surface area contributed by atoms with Crippen LogP contribution in [-0.2, 0) is 16.1 Å². The van der Waals surface area contributed by atoms with Crippen molar-refractivity contribution in [3.8, 4) is 11.5 Å². The Balaban J connectivity index is 1.83. The van der Waals surface area contributed by atoms with Gasteiger partial charge in [-0.3, -0.25) is 4.79 Å². The molecule has 0 aliphatic carbocycles. The summed E-state index contributed by atoms with van der Waals surface area (Å²) in [4.78, 5) is 27.1. The number of thioether (sulfide) groups is 1. The monoisotopic (exact) mass is 465 g/mol. The number of rotatable bonds is 9. The van der Waals surface area contributed by atoms with Crippen LogP contribution in [-0.4, -0.2) is 49.2 Å². The van der Waals surface area contributed by atoms with Gasteiger partial charge in [0.2, 0.25) is 0 Å². The Morgan fingerprint density at radius 2 is 1.78 bits per heavy atom. The van der Waals surface area contributed by atoms with Gasteiger partial charge < -0.3 is 19.1 Å². The zero-order chi connectivity index (χ0) is 23.9. The molecule has 1 amide bonds. The van der Waals surface area contributed by atoms with Crippen molar-refractivity contribution < 1.29 is 23.8 Å². The van der Waals surface area contributed by atoms with E-state index < -0.39 is 5.41 Å². The van der Waals surface area contributed by atoms with Crippen molar-refractivity contribution in [3.63, 3.8) is 0 Å². The molecule has 0 radical (unpaired) electrons. The van der Waals surface area contributed by atoms with Crippen LogP contribution in [0.2, 0.25) is 0 Å². The second kappa shape index (κ2) is 11.3. The molecule has 7 heteroatoms. The molecule has 1 aliphatic rings. The summed E-state index contributed by atoms with van der Waals surface area (Å²) in [6.07, 6.45) is 3.63. The normalized spacial score (nSPS) is 18.5. The van der Waals surface area contributed by atoms with Gasteiger partial charge >= 0.3 is 6.09 Å². The number of carbonyl (C=O) groups excluding carboxylic acids is 2. The smallest absolute Gasteiger partial charge is 0.410 e. The molecule has 1 atom stereocenters. The van der Waals surface area contributed by atoms with E-state index in [9.17, 15) is 9.59 Å². The maximum Gasteiger partial charge on any atom is 0.410 e. The molecule has 0 saturated carbocycles. The van der Waals surface area contributed by atoms with Crippen molar-refractivity contribution in [2.45, 2.75) is 66.9 Å². The predicted molar refractivity (Wildman–Crippen MR) is 130 cm³/mol. The quantitative estimate of drug-likeness (QED) is 0.427. The lowest BCUT2D eigenvalue weighted by atomic mass is 9.90. The Morgan fingerprint density at radius 1 is 1.12 bits per heavy atom. The number of hydrogen-bond donors (Lipinski definition) is 0. The fourth-order valence-electron chi connectivity index (χ4n) is 3.79. The van der Waals surface area contributed by atoms with Crippen LogP contribution in [0.25, 0.3) is 0 Å². The highest BCUT2D eigenvalue weighted by molar-refractivity contribution is 8.13. The minimum absolute atomic E-state index is 0.148. The predicted octanol–water partition coefficient (Wildman–Crippen LogP) is 5.84. The third-order valence-electron chi connectivity index (χ3n) is 5.97. The van der Waals surface area contributed by atoms with E-state index in [1.165, 1.54) is 11.8 Å². The minimum Gasteiger partial charge on any atom is -0.493 e. The molecule has 0 bridgehead atoms. The zero-order valence-electron chi connectivity index (χ0n) is 20.7. The fourth-order valence-corrected chi connectivity index (χ4v) is 4.84. The van der Waals surface area contributed by atoms with E-state index in [0.29, 0.717) is 36.4 Å². The summed E-state index contributed by atoms with van der Waals surface area (Å²) in [6, 6.07) is 3.70. The van der Waals surface area contributed by atoms with Crippen molar-refractivity contribution in [1.29, 1.82) is 0 Å². The van der Waals surface area contributed by atoms with E-state index in [1.807, 2.05) is 26.0 Å². The lowest BCUT2D eigenvalue weighted by Gasteiger charge is -2.23. The number of nitrogens with zero attached hydrogens (tertiary/aromatic N) is 1. The summed E-state index contributed by atoms with van der Waals surface area (Å²) in [5.74, 6) is 2.08. The van der Waals surface area contributed by atoms with E-state index in [0.717, 1.165) is 36.1 Å². The number of amides is 1. The molecular weight excluding hydrogens is 426 g/mol. The molecule has 1 fully saturated rings. The van der Waals surface area contributed by atoms with E-state index in [4.69, 9.17) is 14.2 Å². The topological polar surface area (TPSA) is 65.1 Å². The number of benzene rings is 1. The van der Waals surface area contributed by atoms with E-state index >= 15 is 0 Å². The van der Waals surface area contributed by atoms with Crippen LogP contribution >= 0.6 is 11.8 Å². The molecule has 1 saturated heterocycles. The Hall–Kier alpha value is -1.89.